The second-order valence-electron chi connectivity index (χ2n) is 5.26. The van der Waals surface area contributed by atoms with Crippen LogP contribution in [0, 0.1) is 5.92 Å². The monoisotopic (exact) mass is 306 g/mol. The number of nitrogens with zero attached hydrogens (tertiary/aromatic N) is 1. The molecule has 0 radical (unpaired) electrons. The van der Waals surface area contributed by atoms with E-state index in [1.807, 2.05) is 24.3 Å². The maximum Gasteiger partial charge on any atom is 0.411 e. The summed E-state index contributed by atoms with van der Waals surface area (Å²) in [5.41, 5.74) is 1.72. The number of hydrogen-bond donors (Lipinski definition) is 2. The van der Waals surface area contributed by atoms with Gasteiger partial charge in [0.2, 0.25) is 0 Å². The van der Waals surface area contributed by atoms with Crippen LogP contribution in [-0.2, 0) is 4.74 Å². The van der Waals surface area contributed by atoms with Gasteiger partial charge in [-0.3, -0.25) is 9.89 Å². The lowest BCUT2D eigenvalue weighted by Gasteiger charge is -2.13. The summed E-state index contributed by atoms with van der Waals surface area (Å²) in [6.07, 6.45) is -0.430. The number of rotatable bonds is 6. The molecule has 0 aliphatic rings. The first-order valence-corrected chi connectivity index (χ1v) is 7.94. The molecule has 0 bridgehead atoms. The molecule has 0 fully saturated rings. The molecule has 0 saturated carbocycles. The van der Waals surface area contributed by atoms with Gasteiger partial charge >= 0.3 is 6.09 Å². The van der Waals surface area contributed by atoms with Gasteiger partial charge in [0.25, 0.3) is 5.84 Å². The van der Waals surface area contributed by atoms with Gasteiger partial charge in [0.15, 0.2) is 0 Å². The average Bonchev–Trinajstić information content (AvgIpc) is 2.49. The normalized spacial score (nSPS) is 10.3. The summed E-state index contributed by atoms with van der Waals surface area (Å²) in [5.74, 6) is 1.62. The summed E-state index contributed by atoms with van der Waals surface area (Å²) >= 11 is 0. The van der Waals surface area contributed by atoms with E-state index in [0.717, 1.165) is 24.5 Å². The molecule has 0 unspecified atom stereocenters. The molecule has 1 rings (SSSR count). The van der Waals surface area contributed by atoms with Crippen molar-refractivity contribution in [2.24, 2.45) is 5.92 Å². The Morgan fingerprint density at radius 2 is 1.55 bits per heavy atom. The lowest BCUT2D eigenvalue weighted by atomic mass is 10.1. The van der Waals surface area contributed by atoms with Crippen molar-refractivity contribution in [3.63, 3.8) is 0 Å². The van der Waals surface area contributed by atoms with Crippen LogP contribution in [0.2, 0.25) is 0 Å². The highest BCUT2D eigenvalue weighted by Gasteiger charge is 2.16. The average molecular weight is 306 g/mol. The van der Waals surface area contributed by atoms with Crippen LogP contribution in [0.1, 0.15) is 34.6 Å². The smallest absolute Gasteiger partial charge is 0.411 e. The van der Waals surface area contributed by atoms with Crippen LogP contribution in [0.5, 0.6) is 0 Å². The first-order valence-electron chi connectivity index (χ1n) is 7.94. The molecule has 0 aromatic heterocycles. The van der Waals surface area contributed by atoms with Gasteiger partial charge in [0, 0.05) is 5.69 Å². The van der Waals surface area contributed by atoms with Gasteiger partial charge in [-0.15, -0.1) is 0 Å². The highest BCUT2D eigenvalue weighted by atomic mass is 16.5. The minimum absolute atomic E-state index is 0.363. The largest absolute Gasteiger partial charge is 0.450 e. The first-order chi connectivity index (χ1) is 10.5. The Bertz CT molecular complexity index is 501. The fraction of sp³-hybridized carbons (Fsp3) is 0.529. The van der Waals surface area contributed by atoms with E-state index >= 15 is 0 Å². The summed E-state index contributed by atoms with van der Waals surface area (Å²) in [6.45, 7) is 12.7. The highest BCUT2D eigenvalue weighted by molar-refractivity contribution is 5.93. The van der Waals surface area contributed by atoms with Crippen LogP contribution >= 0.6 is 0 Å². The van der Waals surface area contributed by atoms with Crippen LogP contribution in [0.25, 0.3) is 0 Å². The molecule has 1 aromatic carbocycles. The van der Waals surface area contributed by atoms with E-state index < -0.39 is 6.09 Å². The Hall–Kier alpha value is -2.04. The Labute approximate surface area is 133 Å². The minimum Gasteiger partial charge on any atom is -0.450 e. The third-order valence-corrected chi connectivity index (χ3v) is 3.33. The van der Waals surface area contributed by atoms with E-state index in [9.17, 15) is 4.79 Å². The number of amidine groups is 1. The zero-order valence-electron chi connectivity index (χ0n) is 14.3. The number of hydrogen-bond acceptors (Lipinski definition) is 2. The van der Waals surface area contributed by atoms with Crippen molar-refractivity contribution in [1.29, 1.82) is 0 Å². The van der Waals surface area contributed by atoms with Gasteiger partial charge in [0.1, 0.15) is 5.69 Å². The number of anilines is 2. The molecule has 122 valence electrons. The van der Waals surface area contributed by atoms with Gasteiger partial charge in [0.05, 0.1) is 25.6 Å². The fourth-order valence-electron chi connectivity index (χ4n) is 2.22. The van der Waals surface area contributed by atoms with Crippen molar-refractivity contribution >= 4 is 23.3 Å². The number of carbonyl (C=O) groups excluding carboxylic acids is 1. The molecule has 2 N–H and O–H groups in total. The second kappa shape index (κ2) is 9.07. The third-order valence-electron chi connectivity index (χ3n) is 3.33. The van der Waals surface area contributed by atoms with Gasteiger partial charge in [-0.1, -0.05) is 13.8 Å². The molecule has 5 nitrogen and oxygen atoms in total. The molecule has 0 aliphatic carbocycles. The molecule has 0 atom stereocenters. The lowest BCUT2D eigenvalue weighted by molar-refractivity contribution is -0.522. The maximum atomic E-state index is 11.4. The molecule has 0 spiro atoms. The second-order valence-corrected chi connectivity index (χ2v) is 5.26. The van der Waals surface area contributed by atoms with Gasteiger partial charge < -0.3 is 4.74 Å². The molecular weight excluding hydrogens is 278 g/mol. The summed E-state index contributed by atoms with van der Waals surface area (Å²) in [7, 11) is 0. The summed E-state index contributed by atoms with van der Waals surface area (Å²) in [6, 6.07) is 7.62. The van der Waals surface area contributed by atoms with E-state index in [0.29, 0.717) is 12.5 Å². The van der Waals surface area contributed by atoms with E-state index in [-0.39, 0.29) is 0 Å². The minimum atomic E-state index is -0.430. The van der Waals surface area contributed by atoms with Crippen LogP contribution in [0.3, 0.4) is 0 Å². The van der Waals surface area contributed by atoms with Crippen LogP contribution < -0.4 is 10.6 Å². The zero-order chi connectivity index (χ0) is 16.5. The van der Waals surface area contributed by atoms with Gasteiger partial charge in [-0.25, -0.2) is 10.1 Å². The van der Waals surface area contributed by atoms with Crippen molar-refractivity contribution < 1.29 is 14.1 Å². The summed E-state index contributed by atoms with van der Waals surface area (Å²) < 4.78 is 7.17. The van der Waals surface area contributed by atoms with Crippen molar-refractivity contribution in [2.45, 2.75) is 34.6 Å². The first kappa shape index (κ1) is 18.0. The molecule has 22 heavy (non-hydrogen) atoms. The quantitative estimate of drug-likeness (QED) is 0.478. The van der Waals surface area contributed by atoms with E-state index in [2.05, 4.69) is 42.9 Å². The van der Waals surface area contributed by atoms with E-state index in [1.54, 1.807) is 6.92 Å². The van der Waals surface area contributed by atoms with Crippen LogP contribution in [-0.4, -0.2) is 36.2 Å². The van der Waals surface area contributed by atoms with Crippen molar-refractivity contribution in [1.82, 2.24) is 0 Å². The van der Waals surface area contributed by atoms with Gasteiger partial charge in [-0.05, 0) is 45.0 Å². The Kier molecular flexibility index (Phi) is 7.43. The Balaban J connectivity index is 2.82. The van der Waals surface area contributed by atoms with Gasteiger partial charge in [-0.2, -0.15) is 0 Å². The number of carbonyl (C=O) groups is 1. The standard InChI is InChI=1S/C17H27N3O2/c1-6-20(7-2)16(13(4)5)18-14-9-11-15(12-10-14)19-17(21)22-8-3/h9-13H,6-8H2,1-5H3,(H,19,21)/p+1. The van der Waals surface area contributed by atoms with Crippen molar-refractivity contribution in [2.75, 3.05) is 30.3 Å². The number of benzene rings is 1. The Morgan fingerprint density at radius 3 is 1.95 bits per heavy atom. The molecular formula is C17H28N3O2+. The van der Waals surface area contributed by atoms with Crippen LogP contribution in [0.4, 0.5) is 16.2 Å². The summed E-state index contributed by atoms with van der Waals surface area (Å²) in [5, 5.41) is 6.17. The maximum absolute atomic E-state index is 11.4. The van der Waals surface area contributed by atoms with E-state index in [4.69, 9.17) is 4.74 Å². The summed E-state index contributed by atoms with van der Waals surface area (Å²) in [4.78, 5) is 11.4. The molecule has 5 heteroatoms. The Morgan fingerprint density at radius 1 is 1.05 bits per heavy atom. The highest BCUT2D eigenvalue weighted by Crippen LogP contribution is 2.15. The van der Waals surface area contributed by atoms with Crippen LogP contribution in [0.15, 0.2) is 24.3 Å². The molecule has 0 aliphatic heterocycles. The predicted octanol–water partition coefficient (Wildman–Crippen LogP) is 3.77. The zero-order valence-corrected chi connectivity index (χ0v) is 14.3. The topological polar surface area (TPSA) is 53.4 Å². The molecule has 1 amide bonds. The molecule has 1 aromatic rings. The fourth-order valence-corrected chi connectivity index (χ4v) is 2.22. The SMILES string of the molecule is CCOC(=O)Nc1ccc(NC(C(C)C)=[N+](CC)CC)cc1. The van der Waals surface area contributed by atoms with E-state index in [1.165, 1.54) is 5.84 Å². The predicted molar refractivity (Wildman–Crippen MR) is 91.9 cm³/mol. The lowest BCUT2D eigenvalue weighted by Crippen LogP contribution is -2.32. The van der Waals surface area contributed by atoms with Crippen molar-refractivity contribution in [3.05, 3.63) is 24.3 Å². The number of amides is 1. The molecule has 0 heterocycles. The molecule has 0 saturated heterocycles. The number of nitrogens with one attached hydrogen (secondary N) is 2. The van der Waals surface area contributed by atoms with Crippen molar-refractivity contribution in [3.8, 4) is 0 Å². The number of ether oxygens (including phenoxy) is 1. The third kappa shape index (κ3) is 5.39.